The van der Waals surface area contributed by atoms with Crippen molar-refractivity contribution in [3.8, 4) is 17.2 Å². The summed E-state index contributed by atoms with van der Waals surface area (Å²) in [4.78, 5) is 5.28. The number of hydrogen-bond donors (Lipinski definition) is 0. The molecule has 0 fully saturated rings. The molecule has 0 unspecified atom stereocenters. The lowest BCUT2D eigenvalue weighted by Crippen LogP contribution is -2.75. The van der Waals surface area contributed by atoms with Crippen LogP contribution in [0.4, 0.5) is 0 Å². The summed E-state index contributed by atoms with van der Waals surface area (Å²) in [5, 5.41) is 5.06. The molecule has 0 atom stereocenters. The zero-order valence-electron chi connectivity index (χ0n) is 34.7. The van der Waals surface area contributed by atoms with Gasteiger partial charge in [-0.25, -0.2) is 4.98 Å². The summed E-state index contributed by atoms with van der Waals surface area (Å²) in [6.45, 7) is 0. The monoisotopic (exact) mass is 825 g/mol. The van der Waals surface area contributed by atoms with Crippen LogP contribution in [0.5, 0.6) is 11.5 Å². The van der Waals surface area contributed by atoms with E-state index in [1.54, 1.807) is 0 Å². The van der Waals surface area contributed by atoms with Gasteiger partial charge in [0.1, 0.15) is 11.5 Å². The van der Waals surface area contributed by atoms with E-state index in [0.29, 0.717) is 0 Å². The highest BCUT2D eigenvalue weighted by Gasteiger charge is 2.49. The summed E-state index contributed by atoms with van der Waals surface area (Å²) in [5.41, 5.74) is 9.95. The third-order valence-corrected chi connectivity index (χ3v) is 18.1. The van der Waals surface area contributed by atoms with Gasteiger partial charge in [-0.2, -0.15) is 0 Å². The number of imidazole rings is 2. The van der Waals surface area contributed by atoms with Gasteiger partial charge in [-0.05, 0) is 87.2 Å². The third kappa shape index (κ3) is 5.84. The molecule has 12 rings (SSSR count). The first kappa shape index (κ1) is 37.1. The van der Waals surface area contributed by atoms with Crippen molar-refractivity contribution in [2.45, 2.75) is 18.3 Å². The largest absolute Gasteiger partial charge is 0.457 e. The Bertz CT molecular complexity index is 3350. The molecule has 0 N–H and O–H groups in total. The van der Waals surface area contributed by atoms with E-state index in [4.69, 9.17) is 9.72 Å². The fourth-order valence-corrected chi connectivity index (χ4v) is 15.6. The highest BCUT2D eigenvalue weighted by molar-refractivity contribution is 7.20. The van der Waals surface area contributed by atoms with E-state index in [1.165, 1.54) is 43.0 Å². The average Bonchev–Trinajstić information content (AvgIpc) is 3.88. The van der Waals surface area contributed by atoms with Gasteiger partial charge < -0.3 is 4.74 Å². The van der Waals surface area contributed by atoms with Crippen molar-refractivity contribution in [1.82, 2.24) is 14.0 Å². The molecule has 2 aromatic heterocycles. The van der Waals surface area contributed by atoms with Crippen molar-refractivity contribution in [2.24, 2.45) is 0 Å². The SMILES string of the molecule is c1ccc(CC2(Cc3ccccc3)c3ccccc3Oc3c2cccc3[Si](c2ccccc2)(c2ccccc2)c2cccc(-n3c4ccccc4n4c5ccccc5nc34)c2)cc1. The second kappa shape index (κ2) is 15.0. The summed E-state index contributed by atoms with van der Waals surface area (Å²) in [5.74, 6) is 2.76. The summed E-state index contributed by atoms with van der Waals surface area (Å²) < 4.78 is 12.1. The van der Waals surface area contributed by atoms with Crippen LogP contribution in [0, 0.1) is 0 Å². The Morgan fingerprint density at radius 2 is 0.968 bits per heavy atom. The van der Waals surface area contributed by atoms with Gasteiger partial charge in [0.25, 0.3) is 0 Å². The Morgan fingerprint density at radius 1 is 0.444 bits per heavy atom. The molecule has 300 valence electrons. The van der Waals surface area contributed by atoms with Crippen LogP contribution in [0.2, 0.25) is 0 Å². The van der Waals surface area contributed by atoms with E-state index in [1.807, 2.05) is 0 Å². The maximum absolute atomic E-state index is 7.48. The first-order valence-electron chi connectivity index (χ1n) is 21.8. The fraction of sp³-hybridized carbons (Fsp3) is 0.0517. The van der Waals surface area contributed by atoms with E-state index in [2.05, 4.69) is 246 Å². The molecule has 3 heterocycles. The molecular weight excluding hydrogens is 783 g/mol. The van der Waals surface area contributed by atoms with Gasteiger partial charge in [-0.15, -0.1) is 0 Å². The number of aromatic nitrogens is 3. The Labute approximate surface area is 368 Å². The maximum atomic E-state index is 7.48. The van der Waals surface area contributed by atoms with E-state index in [9.17, 15) is 0 Å². The minimum atomic E-state index is -3.22. The second-order valence-electron chi connectivity index (χ2n) is 16.8. The topological polar surface area (TPSA) is 31.5 Å². The van der Waals surface area contributed by atoms with E-state index < -0.39 is 13.5 Å². The number of rotatable bonds is 9. The molecule has 0 saturated carbocycles. The molecule has 9 aromatic carbocycles. The van der Waals surface area contributed by atoms with E-state index in [-0.39, 0.29) is 0 Å². The summed E-state index contributed by atoms with van der Waals surface area (Å²) >= 11 is 0. The lowest BCUT2D eigenvalue weighted by atomic mass is 9.65. The predicted octanol–water partition coefficient (Wildman–Crippen LogP) is 10.7. The Hall–Kier alpha value is -7.73. The molecule has 0 saturated heterocycles. The highest BCUT2D eigenvalue weighted by atomic mass is 28.3. The quantitative estimate of drug-likeness (QED) is 0.107. The molecule has 1 aliphatic rings. The number of nitrogens with zero attached hydrogens (tertiary/aromatic N) is 3. The number of benzene rings is 9. The Balaban J connectivity index is 1.17. The van der Waals surface area contributed by atoms with Crippen molar-refractivity contribution in [2.75, 3.05) is 0 Å². The molecule has 0 bridgehead atoms. The van der Waals surface area contributed by atoms with Crippen LogP contribution in [0.25, 0.3) is 33.5 Å². The van der Waals surface area contributed by atoms with Gasteiger partial charge in [-0.3, -0.25) is 8.97 Å². The van der Waals surface area contributed by atoms with Gasteiger partial charge in [0.05, 0.1) is 22.1 Å². The Morgan fingerprint density at radius 3 is 1.65 bits per heavy atom. The van der Waals surface area contributed by atoms with Crippen LogP contribution >= 0.6 is 0 Å². The van der Waals surface area contributed by atoms with Crippen molar-refractivity contribution >= 4 is 56.7 Å². The fourth-order valence-electron chi connectivity index (χ4n) is 10.7. The molecule has 11 aromatic rings. The molecule has 0 radical (unpaired) electrons. The molecule has 63 heavy (non-hydrogen) atoms. The lowest BCUT2D eigenvalue weighted by Gasteiger charge is -2.44. The normalized spacial score (nSPS) is 13.1. The van der Waals surface area contributed by atoms with Crippen molar-refractivity contribution in [3.05, 3.63) is 259 Å². The molecule has 1 aliphatic heterocycles. The maximum Gasteiger partial charge on any atom is 0.220 e. The summed E-state index contributed by atoms with van der Waals surface area (Å²) in [7, 11) is -3.22. The van der Waals surface area contributed by atoms with Crippen LogP contribution in [-0.2, 0) is 18.3 Å². The number of fused-ring (bicyclic) bond motifs is 7. The zero-order chi connectivity index (χ0) is 41.8. The van der Waals surface area contributed by atoms with Crippen molar-refractivity contribution < 1.29 is 4.74 Å². The van der Waals surface area contributed by atoms with Gasteiger partial charge in [-0.1, -0.05) is 194 Å². The average molecular weight is 826 g/mol. The zero-order valence-corrected chi connectivity index (χ0v) is 35.7. The van der Waals surface area contributed by atoms with Gasteiger partial charge >= 0.3 is 0 Å². The second-order valence-corrected chi connectivity index (χ2v) is 20.6. The molecule has 0 spiro atoms. The number of ether oxygens (including phenoxy) is 1. The highest BCUT2D eigenvalue weighted by Crippen LogP contribution is 2.51. The van der Waals surface area contributed by atoms with Crippen LogP contribution < -0.4 is 25.5 Å². The van der Waals surface area contributed by atoms with E-state index in [0.717, 1.165) is 57.9 Å². The first-order chi connectivity index (χ1) is 31.2. The van der Waals surface area contributed by atoms with Gasteiger partial charge in [0.2, 0.25) is 5.78 Å². The minimum Gasteiger partial charge on any atom is -0.457 e. The van der Waals surface area contributed by atoms with Gasteiger partial charge in [0.15, 0.2) is 8.07 Å². The molecule has 0 aliphatic carbocycles. The van der Waals surface area contributed by atoms with E-state index >= 15 is 0 Å². The lowest BCUT2D eigenvalue weighted by molar-refractivity contribution is 0.388. The molecule has 5 heteroatoms. The Kier molecular flexibility index (Phi) is 8.83. The number of para-hydroxylation sites is 6. The van der Waals surface area contributed by atoms with Crippen LogP contribution in [-0.4, -0.2) is 22.0 Å². The first-order valence-corrected chi connectivity index (χ1v) is 23.8. The smallest absolute Gasteiger partial charge is 0.220 e. The standard InChI is InChI=1S/C58H43N3OSi/c1-5-21-42(22-6-1)40-58(41-43-23-7-2-8-24-43)48-31-13-18-37-54(48)62-56-49(58)32-20-38-55(56)63(45-26-9-3-10-27-45,46-28-11-4-12-29-46)47-30-19-25-44(39-47)60-52-35-16-17-36-53(52)61-51-34-15-14-33-50(51)59-57(60)61/h1-39H,40-41H2. The predicted molar refractivity (Wildman–Crippen MR) is 261 cm³/mol. The van der Waals surface area contributed by atoms with Crippen LogP contribution in [0.3, 0.4) is 0 Å². The molecule has 0 amide bonds. The molecular formula is C58H43N3OSi. The third-order valence-electron chi connectivity index (χ3n) is 13.3. The number of hydrogen-bond acceptors (Lipinski definition) is 2. The van der Waals surface area contributed by atoms with Crippen LogP contribution in [0.15, 0.2) is 237 Å². The van der Waals surface area contributed by atoms with Crippen molar-refractivity contribution in [1.29, 1.82) is 0 Å². The summed E-state index contributed by atoms with van der Waals surface area (Å²) in [6, 6.07) is 86.5. The summed E-state index contributed by atoms with van der Waals surface area (Å²) in [6.07, 6.45) is 1.63. The van der Waals surface area contributed by atoms with Crippen molar-refractivity contribution in [3.63, 3.8) is 0 Å². The van der Waals surface area contributed by atoms with Crippen LogP contribution in [0.1, 0.15) is 22.3 Å². The van der Waals surface area contributed by atoms with Gasteiger partial charge in [0, 0.05) is 22.2 Å². The molecule has 4 nitrogen and oxygen atoms in total. The minimum absolute atomic E-state index is 0.434.